The second-order valence-corrected chi connectivity index (χ2v) is 8.70. The van der Waals surface area contributed by atoms with E-state index in [2.05, 4.69) is 0 Å². The number of aromatic hydroxyl groups is 1. The third-order valence-corrected chi connectivity index (χ3v) is 5.92. The first-order valence-electron chi connectivity index (χ1n) is 10.8. The number of Topliss-reactive ketones (excluding diaryl/α,β-unsaturated/α-hetero) is 1. The zero-order chi connectivity index (χ0) is 23.0. The molecule has 1 amide bonds. The predicted octanol–water partition coefficient (Wildman–Crippen LogP) is 3.09. The molecule has 7 heteroatoms. The van der Waals surface area contributed by atoms with Gasteiger partial charge in [-0.3, -0.25) is 9.59 Å². The van der Waals surface area contributed by atoms with Crippen molar-refractivity contribution >= 4 is 17.4 Å². The Kier molecular flexibility index (Phi) is 5.93. The van der Waals surface area contributed by atoms with Crippen LogP contribution in [0, 0.1) is 0 Å². The number of phenolic OH excluding ortho intramolecular Hbond substituents is 1. The Hall–Kier alpha value is -3.32. The number of carbonyl (C=O) groups excluding carboxylic acids is 2. The Balaban J connectivity index is 1.77. The van der Waals surface area contributed by atoms with Gasteiger partial charge in [-0.25, -0.2) is 0 Å². The number of ketones is 1. The molecule has 0 saturated carbocycles. The molecular weight excluding hydrogens is 408 g/mol. The van der Waals surface area contributed by atoms with Crippen molar-refractivity contribution in [3.63, 3.8) is 0 Å². The summed E-state index contributed by atoms with van der Waals surface area (Å²) in [6, 6.07) is 11.0. The Labute approximate surface area is 187 Å². The van der Waals surface area contributed by atoms with Gasteiger partial charge in [-0.15, -0.1) is 0 Å². The summed E-state index contributed by atoms with van der Waals surface area (Å²) in [5.74, 6) is -0.657. The van der Waals surface area contributed by atoms with Crippen molar-refractivity contribution in [3.05, 3.63) is 64.7 Å². The van der Waals surface area contributed by atoms with Crippen LogP contribution in [0.1, 0.15) is 36.1 Å². The molecule has 168 valence electrons. The molecule has 32 heavy (non-hydrogen) atoms. The van der Waals surface area contributed by atoms with Crippen LogP contribution < -0.4 is 4.74 Å². The van der Waals surface area contributed by atoms with Gasteiger partial charge in [0.25, 0.3) is 11.7 Å². The first-order valence-corrected chi connectivity index (χ1v) is 10.8. The number of phenols is 1. The molecule has 1 fully saturated rings. The normalized spacial score (nSPS) is 21.8. The number of amides is 1. The first-order chi connectivity index (χ1) is 15.3. The Bertz CT molecular complexity index is 1070. The van der Waals surface area contributed by atoms with Crippen molar-refractivity contribution in [2.45, 2.75) is 31.9 Å². The molecule has 0 spiro atoms. The molecule has 2 heterocycles. The Morgan fingerprint density at radius 2 is 1.88 bits per heavy atom. The number of nitrogens with zero attached hydrogens (tertiary/aromatic N) is 2. The lowest BCUT2D eigenvalue weighted by molar-refractivity contribution is -0.139. The van der Waals surface area contributed by atoms with Crippen LogP contribution in [0.3, 0.4) is 0 Å². The van der Waals surface area contributed by atoms with Crippen LogP contribution in [0.5, 0.6) is 11.5 Å². The summed E-state index contributed by atoms with van der Waals surface area (Å²) in [6.45, 7) is 3.11. The molecule has 4 rings (SSSR count). The molecule has 0 radical (unpaired) electrons. The smallest absolute Gasteiger partial charge is 0.295 e. The van der Waals surface area contributed by atoms with Crippen LogP contribution >= 0.6 is 0 Å². The molecule has 2 unspecified atom stereocenters. The maximum Gasteiger partial charge on any atom is 0.295 e. The van der Waals surface area contributed by atoms with E-state index in [4.69, 9.17) is 4.74 Å². The van der Waals surface area contributed by atoms with Crippen molar-refractivity contribution in [3.8, 4) is 11.5 Å². The molecule has 2 aliphatic rings. The van der Waals surface area contributed by atoms with Gasteiger partial charge in [0.2, 0.25) is 0 Å². The molecule has 2 N–H and O–H groups in total. The lowest BCUT2D eigenvalue weighted by Gasteiger charge is -2.26. The van der Waals surface area contributed by atoms with Gasteiger partial charge in [-0.2, -0.15) is 0 Å². The van der Waals surface area contributed by atoms with Crippen LogP contribution in [0.2, 0.25) is 0 Å². The van der Waals surface area contributed by atoms with E-state index < -0.39 is 17.7 Å². The SMILES string of the molecule is CC1Cc2cc(C(O)=C3C(=O)C(=O)N(CCCN(C)C)C3c3ccc(O)cc3)ccc2O1. The number of rotatable bonds is 6. The fourth-order valence-electron chi connectivity index (χ4n) is 4.40. The lowest BCUT2D eigenvalue weighted by Crippen LogP contribution is -2.32. The summed E-state index contributed by atoms with van der Waals surface area (Å²) in [5, 5.41) is 20.9. The van der Waals surface area contributed by atoms with Gasteiger partial charge < -0.3 is 24.7 Å². The maximum absolute atomic E-state index is 13.1. The van der Waals surface area contributed by atoms with E-state index in [0.717, 1.165) is 24.3 Å². The van der Waals surface area contributed by atoms with Crippen LogP contribution in [0.15, 0.2) is 48.0 Å². The summed E-state index contributed by atoms with van der Waals surface area (Å²) < 4.78 is 5.73. The Morgan fingerprint density at radius 3 is 2.56 bits per heavy atom. The largest absolute Gasteiger partial charge is 0.508 e. The molecule has 7 nitrogen and oxygen atoms in total. The van der Waals surface area contributed by atoms with E-state index in [1.807, 2.05) is 32.0 Å². The van der Waals surface area contributed by atoms with Gasteiger partial charge in [0, 0.05) is 18.5 Å². The van der Waals surface area contributed by atoms with Crippen molar-refractivity contribution in [1.29, 1.82) is 0 Å². The molecule has 2 aromatic carbocycles. The van der Waals surface area contributed by atoms with Gasteiger partial charge in [0.1, 0.15) is 23.4 Å². The molecule has 2 atom stereocenters. The summed E-state index contributed by atoms with van der Waals surface area (Å²) in [4.78, 5) is 29.6. The lowest BCUT2D eigenvalue weighted by atomic mass is 9.94. The van der Waals surface area contributed by atoms with Crippen molar-refractivity contribution in [2.75, 3.05) is 27.2 Å². The predicted molar refractivity (Wildman–Crippen MR) is 121 cm³/mol. The average Bonchev–Trinajstić information content (AvgIpc) is 3.24. The van der Waals surface area contributed by atoms with Gasteiger partial charge in [0.05, 0.1) is 11.6 Å². The standard InChI is InChI=1S/C25H28N2O5/c1-15-13-18-14-17(7-10-20(18)32-15)23(29)21-22(16-5-8-19(28)9-6-16)27(25(31)24(21)30)12-4-11-26(2)3/h5-10,14-15,22,28-29H,4,11-13H2,1-3H3. The molecule has 1 saturated heterocycles. The van der Waals surface area contributed by atoms with Gasteiger partial charge in [-0.1, -0.05) is 12.1 Å². The monoisotopic (exact) mass is 436 g/mol. The van der Waals surface area contributed by atoms with Crippen LogP contribution in [-0.2, 0) is 16.0 Å². The molecule has 0 aromatic heterocycles. The second kappa shape index (κ2) is 8.67. The third-order valence-electron chi connectivity index (χ3n) is 5.92. The van der Waals surface area contributed by atoms with Crippen LogP contribution in [-0.4, -0.2) is 65.0 Å². The van der Waals surface area contributed by atoms with E-state index >= 15 is 0 Å². The number of aliphatic hydroxyl groups excluding tert-OH is 1. The molecule has 2 aromatic rings. The van der Waals surface area contributed by atoms with E-state index in [1.165, 1.54) is 17.0 Å². The minimum Gasteiger partial charge on any atom is -0.508 e. The summed E-state index contributed by atoms with van der Waals surface area (Å²) in [5.41, 5.74) is 2.17. The summed E-state index contributed by atoms with van der Waals surface area (Å²) >= 11 is 0. The Morgan fingerprint density at radius 1 is 1.16 bits per heavy atom. The third kappa shape index (κ3) is 4.08. The molecule has 0 bridgehead atoms. The van der Waals surface area contributed by atoms with Crippen molar-refractivity contribution < 1.29 is 24.5 Å². The highest BCUT2D eigenvalue weighted by atomic mass is 16.5. The maximum atomic E-state index is 13.1. The fraction of sp³-hybridized carbons (Fsp3) is 0.360. The van der Waals surface area contributed by atoms with Gasteiger partial charge >= 0.3 is 0 Å². The van der Waals surface area contributed by atoms with Crippen LogP contribution in [0.4, 0.5) is 0 Å². The van der Waals surface area contributed by atoms with Crippen molar-refractivity contribution in [1.82, 2.24) is 9.80 Å². The zero-order valence-electron chi connectivity index (χ0n) is 18.5. The average molecular weight is 437 g/mol. The quantitative estimate of drug-likeness (QED) is 0.411. The number of benzene rings is 2. The number of hydrogen-bond acceptors (Lipinski definition) is 6. The summed E-state index contributed by atoms with van der Waals surface area (Å²) in [7, 11) is 3.90. The number of fused-ring (bicyclic) bond motifs is 1. The van der Waals surface area contributed by atoms with Gasteiger partial charge in [0.15, 0.2) is 0 Å². The topological polar surface area (TPSA) is 90.3 Å². The number of ether oxygens (including phenoxy) is 1. The first kappa shape index (κ1) is 21.9. The van der Waals surface area contributed by atoms with Gasteiger partial charge in [-0.05, 0) is 75.4 Å². The van der Waals surface area contributed by atoms with E-state index in [9.17, 15) is 19.8 Å². The van der Waals surface area contributed by atoms with E-state index in [1.54, 1.807) is 24.3 Å². The molecular formula is C25H28N2O5. The minimum atomic E-state index is -0.721. The van der Waals surface area contributed by atoms with Crippen LogP contribution in [0.25, 0.3) is 5.76 Å². The highest BCUT2D eigenvalue weighted by molar-refractivity contribution is 6.46. The van der Waals surface area contributed by atoms with E-state index in [0.29, 0.717) is 24.1 Å². The molecule has 2 aliphatic heterocycles. The molecule has 0 aliphatic carbocycles. The number of hydrogen-bond donors (Lipinski definition) is 2. The highest BCUT2D eigenvalue weighted by Crippen LogP contribution is 2.41. The second-order valence-electron chi connectivity index (χ2n) is 8.70. The number of likely N-dealkylation sites (tertiary alicyclic amines) is 1. The number of carbonyl (C=O) groups is 2. The zero-order valence-corrected chi connectivity index (χ0v) is 18.5. The fourth-order valence-corrected chi connectivity index (χ4v) is 4.40. The minimum absolute atomic E-state index is 0.0571. The highest BCUT2D eigenvalue weighted by Gasteiger charge is 2.45. The number of aliphatic hydroxyl groups is 1. The van der Waals surface area contributed by atoms with Crippen molar-refractivity contribution in [2.24, 2.45) is 0 Å². The summed E-state index contributed by atoms with van der Waals surface area (Å²) in [6.07, 6.45) is 1.46. The van der Waals surface area contributed by atoms with E-state index in [-0.39, 0.29) is 23.2 Å².